The van der Waals surface area contributed by atoms with Crippen LogP contribution in [-0.4, -0.2) is 24.6 Å². The van der Waals surface area contributed by atoms with Gasteiger partial charge < -0.3 is 10.1 Å². The first-order valence-corrected chi connectivity index (χ1v) is 5.44. The van der Waals surface area contributed by atoms with Crippen LogP contribution >= 0.6 is 0 Å². The first-order valence-electron chi connectivity index (χ1n) is 5.44. The van der Waals surface area contributed by atoms with Crippen molar-refractivity contribution in [1.29, 1.82) is 0 Å². The third-order valence-corrected chi connectivity index (χ3v) is 2.75. The monoisotopic (exact) mass is 240 g/mol. The molecule has 0 aliphatic carbocycles. The van der Waals surface area contributed by atoms with Crippen molar-refractivity contribution in [3.8, 4) is 5.75 Å². The molecule has 0 bridgehead atoms. The lowest BCUT2D eigenvalue weighted by atomic mass is 10.1. The van der Waals surface area contributed by atoms with Crippen molar-refractivity contribution in [2.45, 2.75) is 6.42 Å². The highest BCUT2D eigenvalue weighted by molar-refractivity contribution is 5.46. The van der Waals surface area contributed by atoms with Crippen LogP contribution < -0.4 is 10.1 Å². The molecule has 1 aromatic rings. The largest absolute Gasteiger partial charge is 0.486 e. The summed E-state index contributed by atoms with van der Waals surface area (Å²) in [6.45, 7) is 2.22. The van der Waals surface area contributed by atoms with Crippen molar-refractivity contribution < 1.29 is 14.1 Å². The summed E-state index contributed by atoms with van der Waals surface area (Å²) in [5, 5.41) is 13.9. The third kappa shape index (κ3) is 2.91. The summed E-state index contributed by atoms with van der Waals surface area (Å²) < 4.78 is 18.3. The first kappa shape index (κ1) is 11.8. The van der Waals surface area contributed by atoms with Gasteiger partial charge in [0.15, 0.2) is 5.75 Å². The molecule has 0 aromatic heterocycles. The highest BCUT2D eigenvalue weighted by Crippen LogP contribution is 2.28. The van der Waals surface area contributed by atoms with E-state index in [9.17, 15) is 14.5 Å². The van der Waals surface area contributed by atoms with Gasteiger partial charge in [0.05, 0.1) is 17.6 Å². The van der Waals surface area contributed by atoms with Crippen molar-refractivity contribution >= 4 is 5.69 Å². The van der Waals surface area contributed by atoms with E-state index in [4.69, 9.17) is 4.74 Å². The normalized spacial score (nSPS) is 19.2. The number of halogens is 1. The van der Waals surface area contributed by atoms with E-state index in [2.05, 4.69) is 5.32 Å². The summed E-state index contributed by atoms with van der Waals surface area (Å²) in [6, 6.07) is 3.34. The number of benzene rings is 1. The summed E-state index contributed by atoms with van der Waals surface area (Å²) in [7, 11) is 0. The molecule has 1 aromatic carbocycles. The third-order valence-electron chi connectivity index (χ3n) is 2.75. The number of hydrogen-bond acceptors (Lipinski definition) is 4. The average molecular weight is 240 g/mol. The molecule has 1 fully saturated rings. The van der Waals surface area contributed by atoms with Gasteiger partial charge in [-0.2, -0.15) is 0 Å². The molecule has 0 spiro atoms. The van der Waals surface area contributed by atoms with Crippen LogP contribution in [0.2, 0.25) is 0 Å². The van der Waals surface area contributed by atoms with E-state index >= 15 is 0 Å². The van der Waals surface area contributed by atoms with Gasteiger partial charge in [-0.15, -0.1) is 0 Å². The van der Waals surface area contributed by atoms with Gasteiger partial charge in [-0.1, -0.05) is 0 Å². The van der Waals surface area contributed by atoms with E-state index in [1.54, 1.807) is 0 Å². The van der Waals surface area contributed by atoms with Crippen LogP contribution in [0.15, 0.2) is 18.2 Å². The fourth-order valence-corrected chi connectivity index (χ4v) is 1.82. The summed E-state index contributed by atoms with van der Waals surface area (Å²) in [6.07, 6.45) is 0.995. The smallest absolute Gasteiger partial charge is 0.313 e. The van der Waals surface area contributed by atoms with Gasteiger partial charge in [0, 0.05) is 12.5 Å². The quantitative estimate of drug-likeness (QED) is 0.643. The predicted molar refractivity (Wildman–Crippen MR) is 59.5 cm³/mol. The highest BCUT2D eigenvalue weighted by Gasteiger charge is 2.19. The molecule has 0 amide bonds. The van der Waals surface area contributed by atoms with Gasteiger partial charge in [0.1, 0.15) is 5.82 Å². The molecular weight excluding hydrogens is 227 g/mol. The molecular formula is C11H13FN2O3. The van der Waals surface area contributed by atoms with E-state index in [0.29, 0.717) is 12.5 Å². The van der Waals surface area contributed by atoms with E-state index in [1.807, 2.05) is 0 Å². The van der Waals surface area contributed by atoms with Crippen molar-refractivity contribution in [3.63, 3.8) is 0 Å². The van der Waals surface area contributed by atoms with Gasteiger partial charge in [-0.25, -0.2) is 4.39 Å². The van der Waals surface area contributed by atoms with Gasteiger partial charge in [-0.3, -0.25) is 10.1 Å². The number of hydrogen-bond donors (Lipinski definition) is 1. The Balaban J connectivity index is 2.06. The zero-order valence-corrected chi connectivity index (χ0v) is 9.19. The Hall–Kier alpha value is -1.69. The molecule has 2 rings (SSSR count). The molecule has 1 unspecified atom stereocenters. The Bertz CT molecular complexity index is 419. The minimum atomic E-state index is -0.634. The predicted octanol–water partition coefficient (Wildman–Crippen LogP) is 1.72. The zero-order chi connectivity index (χ0) is 12.3. The fourth-order valence-electron chi connectivity index (χ4n) is 1.82. The Morgan fingerprint density at radius 2 is 2.41 bits per heavy atom. The Morgan fingerprint density at radius 3 is 3.06 bits per heavy atom. The molecule has 1 saturated heterocycles. The van der Waals surface area contributed by atoms with Crippen molar-refractivity contribution in [1.82, 2.24) is 5.32 Å². The number of rotatable bonds is 4. The Kier molecular flexibility index (Phi) is 3.53. The van der Waals surface area contributed by atoms with Crippen LogP contribution in [0, 0.1) is 21.8 Å². The fraction of sp³-hybridized carbons (Fsp3) is 0.455. The molecule has 1 N–H and O–H groups in total. The van der Waals surface area contributed by atoms with Gasteiger partial charge in [-0.05, 0) is 25.1 Å². The van der Waals surface area contributed by atoms with Gasteiger partial charge >= 0.3 is 5.69 Å². The molecule has 1 aliphatic heterocycles. The number of nitrogens with one attached hydrogen (secondary N) is 1. The minimum absolute atomic E-state index is 0.128. The van der Waals surface area contributed by atoms with Crippen LogP contribution in [0.5, 0.6) is 5.75 Å². The second kappa shape index (κ2) is 5.09. The second-order valence-corrected chi connectivity index (χ2v) is 4.04. The maximum atomic E-state index is 12.9. The second-order valence-electron chi connectivity index (χ2n) is 4.04. The molecule has 5 nitrogen and oxygen atoms in total. The molecule has 1 atom stereocenters. The van der Waals surface area contributed by atoms with Crippen LogP contribution in [0.25, 0.3) is 0 Å². The minimum Gasteiger partial charge on any atom is -0.486 e. The van der Waals surface area contributed by atoms with E-state index < -0.39 is 10.7 Å². The first-order chi connectivity index (χ1) is 8.16. The Labute approximate surface area is 97.7 Å². The van der Waals surface area contributed by atoms with E-state index in [0.717, 1.165) is 31.6 Å². The van der Waals surface area contributed by atoms with Crippen LogP contribution in [-0.2, 0) is 0 Å². The van der Waals surface area contributed by atoms with E-state index in [-0.39, 0.29) is 11.4 Å². The Morgan fingerprint density at radius 1 is 1.59 bits per heavy atom. The maximum Gasteiger partial charge on any atom is 0.313 e. The summed E-state index contributed by atoms with van der Waals surface area (Å²) in [5.74, 6) is -0.144. The summed E-state index contributed by atoms with van der Waals surface area (Å²) in [5.41, 5.74) is -0.323. The topological polar surface area (TPSA) is 64.4 Å². The molecule has 0 radical (unpaired) electrons. The summed E-state index contributed by atoms with van der Waals surface area (Å²) >= 11 is 0. The molecule has 92 valence electrons. The number of nitrogens with zero attached hydrogens (tertiary/aromatic N) is 1. The lowest BCUT2D eigenvalue weighted by Gasteiger charge is -2.10. The SMILES string of the molecule is O=[N+]([O-])c1cc(F)ccc1OCC1CCNC1. The number of ether oxygens (including phenoxy) is 1. The molecule has 1 aliphatic rings. The van der Waals surface area contributed by atoms with Crippen molar-refractivity contribution in [3.05, 3.63) is 34.1 Å². The molecule has 0 saturated carbocycles. The lowest BCUT2D eigenvalue weighted by molar-refractivity contribution is -0.386. The lowest BCUT2D eigenvalue weighted by Crippen LogP contribution is -2.15. The van der Waals surface area contributed by atoms with Crippen LogP contribution in [0.3, 0.4) is 0 Å². The van der Waals surface area contributed by atoms with E-state index in [1.165, 1.54) is 6.07 Å². The van der Waals surface area contributed by atoms with Crippen LogP contribution in [0.4, 0.5) is 10.1 Å². The van der Waals surface area contributed by atoms with Crippen molar-refractivity contribution in [2.24, 2.45) is 5.92 Å². The molecule has 1 heterocycles. The maximum absolute atomic E-state index is 12.9. The standard InChI is InChI=1S/C11H13FN2O3/c12-9-1-2-11(10(5-9)14(15)16)17-7-8-3-4-13-6-8/h1-2,5,8,13H,3-4,6-7H2. The van der Waals surface area contributed by atoms with Crippen LogP contribution in [0.1, 0.15) is 6.42 Å². The summed E-state index contributed by atoms with van der Waals surface area (Å²) in [4.78, 5) is 10.1. The molecule has 6 heteroatoms. The van der Waals surface area contributed by atoms with Crippen molar-refractivity contribution in [2.75, 3.05) is 19.7 Å². The highest BCUT2D eigenvalue weighted by atomic mass is 19.1. The molecule has 17 heavy (non-hydrogen) atoms. The van der Waals surface area contributed by atoms with Gasteiger partial charge in [0.25, 0.3) is 0 Å². The average Bonchev–Trinajstić information content (AvgIpc) is 2.80. The van der Waals surface area contributed by atoms with Gasteiger partial charge in [0.2, 0.25) is 0 Å². The zero-order valence-electron chi connectivity index (χ0n) is 9.19. The number of nitro benzene ring substituents is 1. The number of nitro groups is 1.